The van der Waals surface area contributed by atoms with E-state index in [4.69, 9.17) is 21.1 Å². The Morgan fingerprint density at radius 3 is 2.07 bits per heavy atom. The maximum atomic E-state index is 12.4. The molecule has 5 heteroatoms. The third-order valence-electron chi connectivity index (χ3n) is 6.11. The predicted molar refractivity (Wildman–Crippen MR) is 109 cm³/mol. The fourth-order valence-electron chi connectivity index (χ4n) is 4.55. The smallest absolute Gasteiger partial charge is 0.330 e. The van der Waals surface area contributed by atoms with E-state index in [2.05, 4.69) is 0 Å². The zero-order valence-electron chi connectivity index (χ0n) is 16.4. The summed E-state index contributed by atoms with van der Waals surface area (Å²) in [4.78, 5) is 24.0. The van der Waals surface area contributed by atoms with Crippen molar-refractivity contribution < 1.29 is 19.1 Å². The summed E-state index contributed by atoms with van der Waals surface area (Å²) in [6.45, 7) is 1.82. The highest BCUT2D eigenvalue weighted by atomic mass is 35.5. The molecule has 0 amide bonds. The van der Waals surface area contributed by atoms with Gasteiger partial charge in [0.15, 0.2) is 0 Å². The molecular formula is C23H29ClO4. The number of allylic oxidation sites excluding steroid dienone is 1. The number of ether oxygens (including phenoxy) is 2. The molecule has 4 nitrogen and oxygen atoms in total. The number of esters is 2. The Kier molecular flexibility index (Phi) is 7.55. The third kappa shape index (κ3) is 5.84. The van der Waals surface area contributed by atoms with Crippen molar-refractivity contribution in [1.82, 2.24) is 0 Å². The summed E-state index contributed by atoms with van der Waals surface area (Å²) in [7, 11) is 0. The summed E-state index contributed by atoms with van der Waals surface area (Å²) in [6.07, 6.45) is 11.3. The highest BCUT2D eigenvalue weighted by Crippen LogP contribution is 2.41. The fourth-order valence-corrected chi connectivity index (χ4v) is 4.67. The van der Waals surface area contributed by atoms with E-state index in [1.807, 2.05) is 6.92 Å². The van der Waals surface area contributed by atoms with Crippen LogP contribution in [0, 0.1) is 17.8 Å². The van der Waals surface area contributed by atoms with Crippen molar-refractivity contribution in [3.05, 3.63) is 41.4 Å². The molecule has 28 heavy (non-hydrogen) atoms. The first-order chi connectivity index (χ1) is 13.5. The molecule has 0 bridgehead atoms. The van der Waals surface area contributed by atoms with Crippen LogP contribution in [0.4, 0.5) is 0 Å². The zero-order valence-corrected chi connectivity index (χ0v) is 17.2. The van der Waals surface area contributed by atoms with Gasteiger partial charge in [-0.3, -0.25) is 4.79 Å². The molecule has 2 aliphatic carbocycles. The first kappa shape index (κ1) is 20.9. The van der Waals surface area contributed by atoms with Gasteiger partial charge in [0.1, 0.15) is 11.9 Å². The molecule has 0 aliphatic heterocycles. The van der Waals surface area contributed by atoms with Gasteiger partial charge < -0.3 is 9.47 Å². The molecule has 1 aromatic carbocycles. The highest BCUT2D eigenvalue weighted by Gasteiger charge is 2.34. The molecule has 0 unspecified atom stereocenters. The van der Waals surface area contributed by atoms with Crippen LogP contribution in [-0.4, -0.2) is 18.0 Å². The quantitative estimate of drug-likeness (QED) is 0.357. The lowest BCUT2D eigenvalue weighted by molar-refractivity contribution is -0.145. The Balaban J connectivity index is 1.40. The second-order valence-corrected chi connectivity index (χ2v) is 8.40. The number of rotatable bonds is 5. The van der Waals surface area contributed by atoms with Crippen molar-refractivity contribution in [3.8, 4) is 5.75 Å². The van der Waals surface area contributed by atoms with Crippen molar-refractivity contribution in [2.24, 2.45) is 17.8 Å². The molecule has 0 aromatic heterocycles. The fraction of sp³-hybridized carbons (Fsp3) is 0.565. The lowest BCUT2D eigenvalue weighted by atomic mass is 9.70. The van der Waals surface area contributed by atoms with E-state index in [1.54, 1.807) is 30.3 Å². The van der Waals surface area contributed by atoms with Crippen LogP contribution < -0.4 is 4.74 Å². The minimum absolute atomic E-state index is 0.00921. The molecule has 0 atom stereocenters. The topological polar surface area (TPSA) is 52.6 Å². The summed E-state index contributed by atoms with van der Waals surface area (Å²) >= 11 is 5.87. The minimum Gasteiger partial charge on any atom is -0.459 e. The molecule has 0 N–H and O–H groups in total. The minimum atomic E-state index is -0.231. The molecule has 2 saturated carbocycles. The van der Waals surface area contributed by atoms with Gasteiger partial charge in [0.05, 0.1) is 5.92 Å². The van der Waals surface area contributed by atoms with E-state index in [0.29, 0.717) is 22.6 Å². The maximum absolute atomic E-state index is 12.4. The highest BCUT2D eigenvalue weighted by molar-refractivity contribution is 6.30. The molecule has 2 aliphatic rings. The number of hydrogen-bond acceptors (Lipinski definition) is 4. The number of halogens is 1. The number of carbonyl (C=O) groups is 2. The van der Waals surface area contributed by atoms with Gasteiger partial charge in [-0.15, -0.1) is 0 Å². The molecule has 3 rings (SSSR count). The lowest BCUT2D eigenvalue weighted by Gasteiger charge is -2.37. The molecule has 0 heterocycles. The maximum Gasteiger partial charge on any atom is 0.330 e. The Morgan fingerprint density at radius 1 is 0.929 bits per heavy atom. The Labute approximate surface area is 172 Å². The van der Waals surface area contributed by atoms with Crippen molar-refractivity contribution in [2.45, 2.75) is 64.4 Å². The van der Waals surface area contributed by atoms with E-state index < -0.39 is 0 Å². The second kappa shape index (κ2) is 10.1. The van der Waals surface area contributed by atoms with Crippen LogP contribution in [0.3, 0.4) is 0 Å². The Hall–Kier alpha value is -1.81. The molecule has 1 aromatic rings. The summed E-state index contributed by atoms with van der Waals surface area (Å²) in [6, 6.07) is 6.92. The van der Waals surface area contributed by atoms with Gasteiger partial charge in [0, 0.05) is 11.1 Å². The standard InChI is InChI=1S/C23H29ClO4/c1-2-3-22(25)27-20-12-8-17(9-13-20)16-4-6-18(7-5-16)23(26)28-21-14-10-19(24)11-15-21/h2-3,10-11,14-18,20H,4-9,12-13H2,1H3/t16-,17-,18-,20-. The van der Waals surface area contributed by atoms with Gasteiger partial charge >= 0.3 is 11.9 Å². The van der Waals surface area contributed by atoms with Gasteiger partial charge in [-0.2, -0.15) is 0 Å². The van der Waals surface area contributed by atoms with Crippen molar-refractivity contribution in [3.63, 3.8) is 0 Å². The van der Waals surface area contributed by atoms with Crippen molar-refractivity contribution >= 4 is 23.5 Å². The van der Waals surface area contributed by atoms with Gasteiger partial charge in [0.25, 0.3) is 0 Å². The predicted octanol–water partition coefficient (Wildman–Crippen LogP) is 5.73. The van der Waals surface area contributed by atoms with Gasteiger partial charge in [-0.25, -0.2) is 4.79 Å². The summed E-state index contributed by atoms with van der Waals surface area (Å²) < 4.78 is 11.0. The van der Waals surface area contributed by atoms with Crippen LogP contribution in [0.5, 0.6) is 5.75 Å². The molecule has 152 valence electrons. The van der Waals surface area contributed by atoms with Gasteiger partial charge in [-0.05, 0) is 94.4 Å². The molecule has 0 saturated heterocycles. The van der Waals surface area contributed by atoms with Crippen LogP contribution in [0.2, 0.25) is 5.02 Å². The SMILES string of the molecule is CC=CC(=O)O[C@H]1CC[C@H]([C@H]2CC[C@H](C(=O)Oc3ccc(Cl)cc3)CC2)CC1. The van der Waals surface area contributed by atoms with Crippen molar-refractivity contribution in [1.29, 1.82) is 0 Å². The Morgan fingerprint density at radius 2 is 1.50 bits per heavy atom. The summed E-state index contributed by atoms with van der Waals surface area (Å²) in [5.74, 6) is 1.55. The first-order valence-corrected chi connectivity index (χ1v) is 10.7. The third-order valence-corrected chi connectivity index (χ3v) is 6.36. The zero-order chi connectivity index (χ0) is 19.9. The second-order valence-electron chi connectivity index (χ2n) is 7.96. The molecule has 2 fully saturated rings. The van der Waals surface area contributed by atoms with Crippen LogP contribution in [0.1, 0.15) is 58.3 Å². The van der Waals surface area contributed by atoms with Crippen molar-refractivity contribution in [2.75, 3.05) is 0 Å². The molecule has 0 radical (unpaired) electrons. The summed E-state index contributed by atoms with van der Waals surface area (Å²) in [5, 5.41) is 0.631. The van der Waals surface area contributed by atoms with Gasteiger partial charge in [0.2, 0.25) is 0 Å². The van der Waals surface area contributed by atoms with Crippen LogP contribution in [0.25, 0.3) is 0 Å². The normalized spacial score (nSPS) is 28.1. The monoisotopic (exact) mass is 404 g/mol. The van der Waals surface area contributed by atoms with Gasteiger partial charge in [-0.1, -0.05) is 17.7 Å². The lowest BCUT2D eigenvalue weighted by Crippen LogP contribution is -2.31. The van der Waals surface area contributed by atoms with E-state index in [9.17, 15) is 9.59 Å². The van der Waals surface area contributed by atoms with E-state index in [-0.39, 0.29) is 24.0 Å². The largest absolute Gasteiger partial charge is 0.459 e. The number of carbonyl (C=O) groups excluding carboxylic acids is 2. The van der Waals surface area contributed by atoms with Crippen LogP contribution in [0.15, 0.2) is 36.4 Å². The molecule has 0 spiro atoms. The van der Waals surface area contributed by atoms with Crippen LogP contribution in [-0.2, 0) is 14.3 Å². The van der Waals surface area contributed by atoms with Crippen LogP contribution >= 0.6 is 11.6 Å². The average Bonchev–Trinajstić information content (AvgIpc) is 2.70. The number of hydrogen-bond donors (Lipinski definition) is 0. The average molecular weight is 405 g/mol. The number of benzene rings is 1. The van der Waals surface area contributed by atoms with E-state index in [0.717, 1.165) is 51.4 Å². The summed E-state index contributed by atoms with van der Waals surface area (Å²) in [5.41, 5.74) is 0. The van der Waals surface area contributed by atoms with E-state index in [1.165, 1.54) is 6.08 Å². The molecular weight excluding hydrogens is 376 g/mol. The van der Waals surface area contributed by atoms with E-state index >= 15 is 0 Å². The Bertz CT molecular complexity index is 681. The first-order valence-electron chi connectivity index (χ1n) is 10.4.